The van der Waals surface area contributed by atoms with Gasteiger partial charge in [0.1, 0.15) is 11.9 Å². The molecular weight excluding hydrogens is 406 g/mol. The highest BCUT2D eigenvalue weighted by atomic mass is 16.5. The summed E-state index contributed by atoms with van der Waals surface area (Å²) in [5.41, 5.74) is 2.47. The summed E-state index contributed by atoms with van der Waals surface area (Å²) in [5.74, 6) is 0.829. The van der Waals surface area contributed by atoms with Gasteiger partial charge in [-0.15, -0.1) is 0 Å². The number of carboxylic acid groups (broad SMARTS) is 1. The predicted molar refractivity (Wildman–Crippen MR) is 125 cm³/mol. The molecule has 1 fully saturated rings. The van der Waals surface area contributed by atoms with Gasteiger partial charge in [0.2, 0.25) is 5.91 Å². The van der Waals surface area contributed by atoms with Crippen molar-refractivity contribution in [2.24, 2.45) is 11.8 Å². The van der Waals surface area contributed by atoms with Crippen molar-refractivity contribution in [2.75, 3.05) is 18.5 Å². The summed E-state index contributed by atoms with van der Waals surface area (Å²) in [4.78, 5) is 28.4. The number of nitrogens with zero attached hydrogens (tertiary/aromatic N) is 1. The number of anilines is 1. The van der Waals surface area contributed by atoms with Gasteiger partial charge in [-0.2, -0.15) is 0 Å². The molecule has 7 nitrogen and oxygen atoms in total. The molecule has 0 aromatic carbocycles. The second kappa shape index (κ2) is 12.2. The first-order chi connectivity index (χ1) is 15.5. The van der Waals surface area contributed by atoms with E-state index >= 15 is 0 Å². The van der Waals surface area contributed by atoms with Crippen LogP contribution < -0.4 is 10.6 Å². The minimum atomic E-state index is -0.995. The highest BCUT2D eigenvalue weighted by Gasteiger charge is 2.30. The molecule has 178 valence electrons. The molecule has 0 spiro atoms. The van der Waals surface area contributed by atoms with Crippen LogP contribution in [0.15, 0.2) is 12.1 Å². The van der Waals surface area contributed by atoms with Gasteiger partial charge in [0.05, 0.1) is 6.10 Å². The number of aromatic nitrogens is 1. The van der Waals surface area contributed by atoms with E-state index < -0.39 is 12.0 Å². The minimum absolute atomic E-state index is 0.180. The number of carbonyl (C=O) groups is 2. The van der Waals surface area contributed by atoms with Gasteiger partial charge in [-0.25, -0.2) is 9.78 Å². The van der Waals surface area contributed by atoms with E-state index in [0.29, 0.717) is 31.3 Å². The van der Waals surface area contributed by atoms with Gasteiger partial charge in [0.25, 0.3) is 0 Å². The van der Waals surface area contributed by atoms with Crippen LogP contribution in [0, 0.1) is 11.8 Å². The van der Waals surface area contributed by atoms with Crippen molar-refractivity contribution in [3.05, 3.63) is 23.4 Å². The number of rotatable bonds is 13. The molecule has 3 N–H and O–H groups in total. The monoisotopic (exact) mass is 445 g/mol. The van der Waals surface area contributed by atoms with E-state index in [4.69, 9.17) is 9.72 Å². The Kier molecular flexibility index (Phi) is 9.33. The van der Waals surface area contributed by atoms with Gasteiger partial charge in [-0.3, -0.25) is 4.79 Å². The van der Waals surface area contributed by atoms with E-state index in [0.717, 1.165) is 63.0 Å². The molecule has 0 radical (unpaired) electrons. The molecule has 2 aliphatic rings. The summed E-state index contributed by atoms with van der Waals surface area (Å²) >= 11 is 0. The summed E-state index contributed by atoms with van der Waals surface area (Å²) in [6, 6.07) is 3.48. The van der Waals surface area contributed by atoms with Crippen LogP contribution in [-0.2, 0) is 27.2 Å². The fourth-order valence-electron chi connectivity index (χ4n) is 4.61. The number of nitrogens with one attached hydrogen (secondary N) is 2. The van der Waals surface area contributed by atoms with Gasteiger partial charge >= 0.3 is 5.97 Å². The first-order valence-corrected chi connectivity index (χ1v) is 12.3. The Morgan fingerprint density at radius 2 is 2.06 bits per heavy atom. The van der Waals surface area contributed by atoms with Gasteiger partial charge in [-0.1, -0.05) is 32.8 Å². The second-order valence-corrected chi connectivity index (χ2v) is 9.34. The third kappa shape index (κ3) is 7.19. The zero-order valence-corrected chi connectivity index (χ0v) is 19.6. The van der Waals surface area contributed by atoms with Crippen molar-refractivity contribution in [3.63, 3.8) is 0 Å². The van der Waals surface area contributed by atoms with Crippen LogP contribution in [0.4, 0.5) is 5.82 Å². The Bertz CT molecular complexity index is 760. The van der Waals surface area contributed by atoms with E-state index in [1.54, 1.807) is 0 Å². The Morgan fingerprint density at radius 3 is 2.78 bits per heavy atom. The lowest BCUT2D eigenvalue weighted by Gasteiger charge is -2.35. The molecule has 3 rings (SSSR count). The molecular formula is C25H39N3O4. The Labute approximate surface area is 191 Å². The molecule has 1 amide bonds. The highest BCUT2D eigenvalue weighted by molar-refractivity contribution is 5.83. The number of aryl methyl sites for hydroxylation is 2. The number of fused-ring (bicyclic) bond motifs is 1. The van der Waals surface area contributed by atoms with Crippen molar-refractivity contribution < 1.29 is 19.4 Å². The van der Waals surface area contributed by atoms with Gasteiger partial charge in [0.15, 0.2) is 0 Å². The van der Waals surface area contributed by atoms with E-state index in [2.05, 4.69) is 36.6 Å². The van der Waals surface area contributed by atoms with Crippen LogP contribution in [0.2, 0.25) is 0 Å². The molecule has 1 atom stereocenters. The van der Waals surface area contributed by atoms with E-state index in [1.165, 1.54) is 12.0 Å². The molecule has 32 heavy (non-hydrogen) atoms. The van der Waals surface area contributed by atoms with Crippen LogP contribution in [-0.4, -0.2) is 47.3 Å². The predicted octanol–water partition coefficient (Wildman–Crippen LogP) is 3.95. The number of ether oxygens (including phenoxy) is 1. The standard InChI is InChI=1S/C25H39N3O4/c1-3-17(4-2)16-23(29)28-22(25(30)31)11-13-32-21-14-18(15-21)7-9-20-10-8-19-6-5-12-26-24(19)27-20/h8,10,17-18,21-22H,3-7,9,11-16H2,1-2H3,(H,26,27)(H,28,29)(H,30,31)/t18?,21?,22-/m0/s1. The Hall–Kier alpha value is -2.15. The SMILES string of the molecule is CCC(CC)CC(=O)N[C@@H](CCOC1CC(CCc2ccc3c(n2)NCCC3)C1)C(=O)O. The maximum atomic E-state index is 12.1. The molecule has 1 aliphatic carbocycles. The molecule has 0 bridgehead atoms. The minimum Gasteiger partial charge on any atom is -0.480 e. The molecule has 1 saturated carbocycles. The smallest absolute Gasteiger partial charge is 0.326 e. The van der Waals surface area contributed by atoms with Gasteiger partial charge < -0.3 is 20.5 Å². The zero-order valence-electron chi connectivity index (χ0n) is 19.6. The van der Waals surface area contributed by atoms with Gasteiger partial charge in [0, 0.05) is 31.7 Å². The number of carboxylic acids is 1. The average molecular weight is 446 g/mol. The quantitative estimate of drug-likeness (QED) is 0.425. The van der Waals surface area contributed by atoms with Crippen LogP contribution in [0.3, 0.4) is 0 Å². The van der Waals surface area contributed by atoms with Crippen molar-refractivity contribution in [1.82, 2.24) is 10.3 Å². The third-order valence-electron chi connectivity index (χ3n) is 6.98. The fraction of sp³-hybridized carbons (Fsp3) is 0.720. The number of amides is 1. The lowest BCUT2D eigenvalue weighted by molar-refractivity contribution is -0.143. The lowest BCUT2D eigenvalue weighted by atomic mass is 9.79. The van der Waals surface area contributed by atoms with Crippen LogP contribution >= 0.6 is 0 Å². The largest absolute Gasteiger partial charge is 0.480 e. The second-order valence-electron chi connectivity index (χ2n) is 9.34. The molecule has 1 aromatic rings. The van der Waals surface area contributed by atoms with Crippen LogP contribution in [0.25, 0.3) is 0 Å². The van der Waals surface area contributed by atoms with Crippen molar-refractivity contribution in [2.45, 2.75) is 90.2 Å². The number of hydrogen-bond acceptors (Lipinski definition) is 5. The molecule has 0 saturated heterocycles. The summed E-state index contributed by atoms with van der Waals surface area (Å²) < 4.78 is 5.88. The van der Waals surface area contributed by atoms with E-state index in [1.807, 2.05) is 0 Å². The maximum Gasteiger partial charge on any atom is 0.326 e. The van der Waals surface area contributed by atoms with E-state index in [-0.39, 0.29) is 12.0 Å². The highest BCUT2D eigenvalue weighted by Crippen LogP contribution is 2.34. The van der Waals surface area contributed by atoms with Crippen LogP contribution in [0.5, 0.6) is 0 Å². The lowest BCUT2D eigenvalue weighted by Crippen LogP contribution is -2.42. The third-order valence-corrected chi connectivity index (χ3v) is 6.98. The fourth-order valence-corrected chi connectivity index (χ4v) is 4.61. The number of hydrogen-bond donors (Lipinski definition) is 3. The number of pyridine rings is 1. The molecule has 2 heterocycles. The number of aliphatic carboxylic acids is 1. The van der Waals surface area contributed by atoms with E-state index in [9.17, 15) is 14.7 Å². The Morgan fingerprint density at radius 1 is 1.28 bits per heavy atom. The summed E-state index contributed by atoms with van der Waals surface area (Å²) in [5, 5.41) is 15.5. The first kappa shape index (κ1) is 24.5. The van der Waals surface area contributed by atoms with Crippen molar-refractivity contribution >= 4 is 17.7 Å². The van der Waals surface area contributed by atoms with Crippen LogP contribution in [0.1, 0.15) is 76.5 Å². The van der Waals surface area contributed by atoms with Gasteiger partial charge in [-0.05, 0) is 62.0 Å². The Balaban J connectivity index is 1.31. The number of carbonyl (C=O) groups excluding carboxylic acids is 1. The summed E-state index contributed by atoms with van der Waals surface area (Å²) in [6.07, 6.45) is 9.15. The first-order valence-electron chi connectivity index (χ1n) is 12.3. The summed E-state index contributed by atoms with van der Waals surface area (Å²) in [7, 11) is 0. The normalized spacial score (nSPS) is 20.7. The summed E-state index contributed by atoms with van der Waals surface area (Å²) in [6.45, 7) is 5.47. The maximum absolute atomic E-state index is 12.1. The van der Waals surface area contributed by atoms with Crippen molar-refractivity contribution in [1.29, 1.82) is 0 Å². The topological polar surface area (TPSA) is 101 Å². The zero-order chi connectivity index (χ0) is 22.9. The molecule has 7 heteroatoms. The molecule has 0 unspecified atom stereocenters. The average Bonchev–Trinajstić information content (AvgIpc) is 2.77. The molecule has 1 aliphatic heterocycles. The molecule has 1 aromatic heterocycles. The van der Waals surface area contributed by atoms with Crippen molar-refractivity contribution in [3.8, 4) is 0 Å².